The van der Waals surface area contributed by atoms with Crippen LogP contribution < -0.4 is 14.4 Å². The predicted octanol–water partition coefficient (Wildman–Crippen LogP) is 2.63. The van der Waals surface area contributed by atoms with Crippen LogP contribution in [-0.2, 0) is 26.2 Å². The van der Waals surface area contributed by atoms with Crippen molar-refractivity contribution in [3.8, 4) is 5.75 Å². The number of nitrogens with one attached hydrogen (secondary N) is 1. The summed E-state index contributed by atoms with van der Waals surface area (Å²) in [5.74, 6) is -0.459. The first-order valence-electron chi connectivity index (χ1n) is 10.7. The van der Waals surface area contributed by atoms with Crippen molar-refractivity contribution in [1.82, 2.24) is 10.2 Å². The van der Waals surface area contributed by atoms with Gasteiger partial charge >= 0.3 is 0 Å². The zero-order valence-corrected chi connectivity index (χ0v) is 20.9. The van der Waals surface area contributed by atoms with Gasteiger partial charge in [-0.25, -0.2) is 8.42 Å². The third-order valence-corrected chi connectivity index (χ3v) is 6.51. The van der Waals surface area contributed by atoms with Crippen LogP contribution in [0, 0.1) is 13.8 Å². The van der Waals surface area contributed by atoms with Crippen molar-refractivity contribution in [3.63, 3.8) is 0 Å². The van der Waals surface area contributed by atoms with E-state index in [1.165, 1.54) is 19.1 Å². The maximum Gasteiger partial charge on any atom is 0.244 e. The molecule has 2 amide bonds. The number of anilines is 1. The van der Waals surface area contributed by atoms with Gasteiger partial charge in [0.2, 0.25) is 21.8 Å². The van der Waals surface area contributed by atoms with Crippen LogP contribution in [0.15, 0.2) is 42.5 Å². The molecule has 1 N–H and O–H groups in total. The van der Waals surface area contributed by atoms with E-state index in [9.17, 15) is 18.0 Å². The van der Waals surface area contributed by atoms with Gasteiger partial charge in [0.25, 0.3) is 0 Å². The lowest BCUT2D eigenvalue weighted by Crippen LogP contribution is -2.51. The second-order valence-electron chi connectivity index (χ2n) is 7.99. The fraction of sp³-hybridized carbons (Fsp3) is 0.417. The summed E-state index contributed by atoms with van der Waals surface area (Å²) in [5, 5.41) is 2.60. The molecule has 33 heavy (non-hydrogen) atoms. The van der Waals surface area contributed by atoms with Gasteiger partial charge < -0.3 is 15.0 Å². The Morgan fingerprint density at radius 3 is 2.18 bits per heavy atom. The van der Waals surface area contributed by atoms with Gasteiger partial charge in [0.05, 0.1) is 19.1 Å². The van der Waals surface area contributed by atoms with Crippen molar-refractivity contribution in [2.24, 2.45) is 0 Å². The summed E-state index contributed by atoms with van der Waals surface area (Å²) in [6.45, 7) is 5.32. The van der Waals surface area contributed by atoms with Gasteiger partial charge in [-0.2, -0.15) is 0 Å². The molecule has 9 heteroatoms. The van der Waals surface area contributed by atoms with Gasteiger partial charge in [-0.15, -0.1) is 0 Å². The first kappa shape index (κ1) is 26.2. The summed E-state index contributed by atoms with van der Waals surface area (Å²) >= 11 is 0. The number of nitrogens with zero attached hydrogens (tertiary/aromatic N) is 2. The third-order valence-electron chi connectivity index (χ3n) is 5.39. The highest BCUT2D eigenvalue weighted by atomic mass is 32.2. The first-order chi connectivity index (χ1) is 15.5. The molecule has 0 fully saturated rings. The topological polar surface area (TPSA) is 96.0 Å². The maximum atomic E-state index is 13.5. The number of sulfonamides is 1. The highest BCUT2D eigenvalue weighted by Gasteiger charge is 2.32. The zero-order chi connectivity index (χ0) is 24.8. The molecule has 0 aliphatic carbocycles. The van der Waals surface area contributed by atoms with Gasteiger partial charge in [-0.1, -0.05) is 42.8 Å². The minimum absolute atomic E-state index is 0.174. The first-order valence-corrected chi connectivity index (χ1v) is 12.6. The second kappa shape index (κ2) is 11.2. The van der Waals surface area contributed by atoms with E-state index in [4.69, 9.17) is 4.74 Å². The number of ether oxygens (including phenoxy) is 1. The number of carbonyl (C=O) groups excluding carboxylic acids is 2. The number of likely N-dealkylation sites (N-methyl/N-ethyl adjacent to an activating group) is 1. The quantitative estimate of drug-likeness (QED) is 0.570. The van der Waals surface area contributed by atoms with Crippen LogP contribution in [0.3, 0.4) is 0 Å². The van der Waals surface area contributed by atoms with E-state index >= 15 is 0 Å². The monoisotopic (exact) mass is 475 g/mol. The second-order valence-corrected chi connectivity index (χ2v) is 9.90. The van der Waals surface area contributed by atoms with E-state index in [1.54, 1.807) is 18.2 Å². The molecular formula is C24H33N3O5S. The lowest BCUT2D eigenvalue weighted by Gasteiger charge is -2.33. The number of carbonyl (C=O) groups is 2. The Bertz CT molecular complexity index is 1080. The fourth-order valence-corrected chi connectivity index (χ4v) is 4.41. The SMILES string of the molecule is CC[C@@H](C(=O)NC)N(Cc1ccc(C)cc1)C(=O)CN(c1cc(C)ccc1OC)S(C)(=O)=O. The van der Waals surface area contributed by atoms with Crippen molar-refractivity contribution < 1.29 is 22.7 Å². The summed E-state index contributed by atoms with van der Waals surface area (Å²) < 4.78 is 31.8. The highest BCUT2D eigenvalue weighted by molar-refractivity contribution is 7.92. The molecule has 180 valence electrons. The van der Waals surface area contributed by atoms with Gasteiger partial charge in [0.15, 0.2) is 0 Å². The predicted molar refractivity (Wildman–Crippen MR) is 130 cm³/mol. The number of amides is 2. The van der Waals surface area contributed by atoms with Crippen LogP contribution in [0.1, 0.15) is 30.0 Å². The molecule has 0 saturated carbocycles. The summed E-state index contributed by atoms with van der Waals surface area (Å²) in [4.78, 5) is 27.6. The van der Waals surface area contributed by atoms with Crippen LogP contribution in [0.4, 0.5) is 5.69 Å². The molecule has 0 unspecified atom stereocenters. The van der Waals surface area contributed by atoms with Crippen LogP contribution in [-0.4, -0.2) is 58.1 Å². The van der Waals surface area contributed by atoms with Gasteiger partial charge in [0, 0.05) is 13.6 Å². The normalized spacial score (nSPS) is 12.1. The Morgan fingerprint density at radius 2 is 1.67 bits per heavy atom. The van der Waals surface area contributed by atoms with E-state index in [-0.39, 0.29) is 18.1 Å². The molecule has 0 heterocycles. The molecular weight excluding hydrogens is 442 g/mol. The fourth-order valence-electron chi connectivity index (χ4n) is 3.57. The van der Waals surface area contributed by atoms with Crippen LogP contribution >= 0.6 is 0 Å². The van der Waals surface area contributed by atoms with Gasteiger partial charge in [-0.05, 0) is 43.5 Å². The van der Waals surface area contributed by atoms with Crippen LogP contribution in [0.25, 0.3) is 0 Å². The smallest absolute Gasteiger partial charge is 0.244 e. The molecule has 0 saturated heterocycles. The molecule has 0 aliphatic heterocycles. The molecule has 8 nitrogen and oxygen atoms in total. The molecule has 0 radical (unpaired) electrons. The van der Waals surface area contributed by atoms with Gasteiger partial charge in [-0.3, -0.25) is 13.9 Å². The summed E-state index contributed by atoms with van der Waals surface area (Å²) in [5.41, 5.74) is 3.01. The maximum absolute atomic E-state index is 13.5. The molecule has 0 bridgehead atoms. The number of benzene rings is 2. The minimum atomic E-state index is -3.83. The van der Waals surface area contributed by atoms with E-state index in [0.717, 1.165) is 27.3 Å². The molecule has 1 atom stereocenters. The summed E-state index contributed by atoms with van der Waals surface area (Å²) in [7, 11) is -0.870. The zero-order valence-electron chi connectivity index (χ0n) is 20.1. The number of hydrogen-bond acceptors (Lipinski definition) is 5. The van der Waals surface area contributed by atoms with E-state index < -0.39 is 28.5 Å². The van der Waals surface area contributed by atoms with E-state index in [2.05, 4.69) is 5.32 Å². The number of hydrogen-bond donors (Lipinski definition) is 1. The van der Waals surface area contributed by atoms with Crippen molar-refractivity contribution in [2.45, 2.75) is 39.8 Å². The van der Waals surface area contributed by atoms with Crippen molar-refractivity contribution in [2.75, 3.05) is 31.3 Å². The lowest BCUT2D eigenvalue weighted by atomic mass is 10.1. The number of methoxy groups -OCH3 is 1. The van der Waals surface area contributed by atoms with Crippen molar-refractivity contribution in [1.29, 1.82) is 0 Å². The molecule has 0 aromatic heterocycles. The Labute approximate surface area is 196 Å². The Hall–Kier alpha value is -3.07. The Kier molecular flexibility index (Phi) is 8.87. The molecule has 2 aromatic rings. The average Bonchev–Trinajstić information content (AvgIpc) is 2.77. The minimum Gasteiger partial charge on any atom is -0.495 e. The Morgan fingerprint density at radius 1 is 1.06 bits per heavy atom. The lowest BCUT2D eigenvalue weighted by molar-refractivity contribution is -0.140. The number of aryl methyl sites for hydroxylation is 2. The number of rotatable bonds is 10. The van der Waals surface area contributed by atoms with Crippen molar-refractivity contribution >= 4 is 27.5 Å². The summed E-state index contributed by atoms with van der Waals surface area (Å²) in [6, 6.07) is 12.0. The van der Waals surface area contributed by atoms with Gasteiger partial charge in [0.1, 0.15) is 18.3 Å². The molecule has 0 spiro atoms. The average molecular weight is 476 g/mol. The van der Waals surface area contributed by atoms with Crippen LogP contribution in [0.2, 0.25) is 0 Å². The highest BCUT2D eigenvalue weighted by Crippen LogP contribution is 2.31. The largest absolute Gasteiger partial charge is 0.495 e. The third kappa shape index (κ3) is 6.71. The Balaban J connectivity index is 2.49. The summed E-state index contributed by atoms with van der Waals surface area (Å²) in [6.07, 6.45) is 1.42. The van der Waals surface area contributed by atoms with Crippen molar-refractivity contribution in [3.05, 3.63) is 59.2 Å². The molecule has 0 aliphatic rings. The van der Waals surface area contributed by atoms with Crippen LogP contribution in [0.5, 0.6) is 5.75 Å². The standard InChI is InChI=1S/C24H33N3O5S/c1-7-20(24(29)25-4)26(15-19-11-8-17(2)9-12-19)23(28)16-27(33(6,30)31)21-14-18(3)10-13-22(21)32-5/h8-14,20H,7,15-16H2,1-6H3,(H,25,29)/t20-/m0/s1. The molecule has 2 aromatic carbocycles. The van der Waals surface area contributed by atoms with E-state index in [1.807, 2.05) is 45.0 Å². The molecule has 2 rings (SSSR count). The van der Waals surface area contributed by atoms with E-state index in [0.29, 0.717) is 12.2 Å².